The van der Waals surface area contributed by atoms with Crippen LogP contribution < -0.4 is 0 Å². The Bertz CT molecular complexity index is 1420. The molecule has 1 aliphatic heterocycles. The molecule has 1 aromatic heterocycles. The average molecular weight is 574 g/mol. The van der Waals surface area contributed by atoms with Crippen molar-refractivity contribution >= 4 is 38.4 Å². The van der Waals surface area contributed by atoms with Gasteiger partial charge in [-0.15, -0.1) is 0 Å². The Balaban J connectivity index is 1.53. The number of aromatic nitrogens is 1. The van der Waals surface area contributed by atoms with Gasteiger partial charge in [-0.3, -0.25) is 9.59 Å². The van der Waals surface area contributed by atoms with E-state index < -0.39 is 0 Å². The summed E-state index contributed by atoms with van der Waals surface area (Å²) in [6, 6.07) is 16.8. The molecule has 0 saturated heterocycles. The monoisotopic (exact) mass is 572 g/mol. The Morgan fingerprint density at radius 3 is 2.21 bits per heavy atom. The van der Waals surface area contributed by atoms with Crippen LogP contribution in [0.3, 0.4) is 0 Å². The molecule has 2 aromatic carbocycles. The molecule has 0 atom stereocenters. The predicted octanol–water partition coefficient (Wildman–Crippen LogP) is 6.90. The molecule has 0 bridgehead atoms. The molecule has 0 fully saturated rings. The Hall–Kier alpha value is -2.96. The number of methoxy groups -OCH3 is 1. The number of allylic oxidation sites excluding steroid dienone is 4. The first-order valence-corrected chi connectivity index (χ1v) is 14.5. The molecule has 38 heavy (non-hydrogen) atoms. The molecule has 3 aliphatic rings. The summed E-state index contributed by atoms with van der Waals surface area (Å²) in [5.74, 6) is 0.0978. The highest BCUT2D eigenvalue weighted by molar-refractivity contribution is 9.10. The van der Waals surface area contributed by atoms with E-state index in [1.165, 1.54) is 5.56 Å². The van der Waals surface area contributed by atoms with Gasteiger partial charge in [0, 0.05) is 89.7 Å². The molecule has 0 unspecified atom stereocenters. The van der Waals surface area contributed by atoms with Crippen molar-refractivity contribution in [3.8, 4) is 0 Å². The third-order valence-corrected chi connectivity index (χ3v) is 8.74. The summed E-state index contributed by atoms with van der Waals surface area (Å²) < 4.78 is 8.68. The van der Waals surface area contributed by atoms with E-state index in [1.54, 1.807) is 7.11 Å². The van der Waals surface area contributed by atoms with Gasteiger partial charge in [-0.25, -0.2) is 0 Å². The number of nitrogens with zero attached hydrogens (tertiary/aromatic N) is 2. The molecule has 0 spiro atoms. The minimum atomic E-state index is -0.296. The van der Waals surface area contributed by atoms with E-state index in [2.05, 4.69) is 80.1 Å². The van der Waals surface area contributed by atoms with Crippen LogP contribution in [0.1, 0.15) is 62.0 Å². The van der Waals surface area contributed by atoms with Crippen LogP contribution in [-0.2, 0) is 20.9 Å². The lowest BCUT2D eigenvalue weighted by Crippen LogP contribution is -2.39. The second-order valence-corrected chi connectivity index (χ2v) is 11.5. The van der Waals surface area contributed by atoms with Crippen molar-refractivity contribution in [2.24, 2.45) is 0 Å². The minimum absolute atomic E-state index is 0.197. The van der Waals surface area contributed by atoms with Gasteiger partial charge in [-0.1, -0.05) is 46.3 Å². The van der Waals surface area contributed by atoms with Crippen LogP contribution in [0.15, 0.2) is 81.7 Å². The smallest absolute Gasteiger partial charge is 0.161 e. The minimum Gasteiger partial charge on any atom is -0.385 e. The van der Waals surface area contributed by atoms with Gasteiger partial charge >= 0.3 is 0 Å². The van der Waals surface area contributed by atoms with Crippen LogP contribution in [-0.4, -0.2) is 41.3 Å². The van der Waals surface area contributed by atoms with Crippen molar-refractivity contribution in [2.45, 2.75) is 57.4 Å². The zero-order valence-electron chi connectivity index (χ0n) is 21.8. The summed E-state index contributed by atoms with van der Waals surface area (Å²) in [6.45, 7) is 2.17. The Morgan fingerprint density at radius 1 is 0.895 bits per heavy atom. The maximum atomic E-state index is 13.7. The number of para-hydroxylation sites is 1. The molecule has 2 aliphatic carbocycles. The van der Waals surface area contributed by atoms with Crippen LogP contribution in [0.5, 0.6) is 0 Å². The van der Waals surface area contributed by atoms with Gasteiger partial charge in [0.25, 0.3) is 0 Å². The number of halogens is 1. The Kier molecular flexibility index (Phi) is 7.10. The second kappa shape index (κ2) is 10.7. The average Bonchev–Trinajstić information content (AvgIpc) is 3.28. The maximum absolute atomic E-state index is 13.7. The number of benzene rings is 2. The van der Waals surface area contributed by atoms with Gasteiger partial charge in [-0.05, 0) is 61.4 Å². The van der Waals surface area contributed by atoms with Crippen LogP contribution in [0, 0.1) is 0 Å². The first-order chi connectivity index (χ1) is 18.6. The molecular formula is C32H33BrN2O3. The van der Waals surface area contributed by atoms with Crippen LogP contribution in [0.25, 0.3) is 10.9 Å². The van der Waals surface area contributed by atoms with Gasteiger partial charge in [0.05, 0.1) is 0 Å². The fourth-order valence-corrected chi connectivity index (χ4v) is 6.85. The zero-order chi connectivity index (χ0) is 26.2. The number of hydrogen-bond acceptors (Lipinski definition) is 4. The normalized spacial score (nSPS) is 18.4. The van der Waals surface area contributed by atoms with E-state index in [0.29, 0.717) is 19.4 Å². The van der Waals surface area contributed by atoms with Crippen molar-refractivity contribution in [1.29, 1.82) is 0 Å². The van der Waals surface area contributed by atoms with Gasteiger partial charge in [-0.2, -0.15) is 0 Å². The molecular weight excluding hydrogens is 540 g/mol. The van der Waals surface area contributed by atoms with Crippen LogP contribution in [0.4, 0.5) is 0 Å². The van der Waals surface area contributed by atoms with Crippen LogP contribution >= 0.6 is 15.9 Å². The summed E-state index contributed by atoms with van der Waals surface area (Å²) in [4.78, 5) is 29.7. The Morgan fingerprint density at radius 2 is 1.55 bits per heavy atom. The number of hydrogen-bond donors (Lipinski definition) is 0. The Labute approximate surface area is 232 Å². The molecule has 6 heteroatoms. The third kappa shape index (κ3) is 4.48. The first-order valence-electron chi connectivity index (χ1n) is 13.7. The van der Waals surface area contributed by atoms with E-state index >= 15 is 0 Å². The van der Waals surface area contributed by atoms with E-state index in [9.17, 15) is 9.59 Å². The van der Waals surface area contributed by atoms with Gasteiger partial charge in [0.1, 0.15) is 0 Å². The van der Waals surface area contributed by atoms with E-state index in [0.717, 1.165) is 88.7 Å². The van der Waals surface area contributed by atoms with Gasteiger partial charge in [0.15, 0.2) is 11.6 Å². The van der Waals surface area contributed by atoms with E-state index in [-0.39, 0.29) is 17.5 Å². The molecule has 6 rings (SSSR count). The first kappa shape index (κ1) is 25.3. The molecule has 0 radical (unpaired) electrons. The number of rotatable bonds is 7. The van der Waals surface area contributed by atoms with E-state index in [4.69, 9.17) is 4.74 Å². The van der Waals surface area contributed by atoms with Crippen molar-refractivity contribution in [1.82, 2.24) is 9.47 Å². The molecule has 0 amide bonds. The number of fused-ring (bicyclic) bond motifs is 1. The molecule has 196 valence electrons. The molecule has 0 saturated carbocycles. The summed E-state index contributed by atoms with van der Waals surface area (Å²) in [6.07, 6.45) is 7.67. The summed E-state index contributed by atoms with van der Waals surface area (Å²) >= 11 is 3.54. The lowest BCUT2D eigenvalue weighted by atomic mass is 9.71. The predicted molar refractivity (Wildman–Crippen MR) is 153 cm³/mol. The summed E-state index contributed by atoms with van der Waals surface area (Å²) in [5, 5.41) is 1.12. The van der Waals surface area contributed by atoms with Gasteiger partial charge in [0.2, 0.25) is 0 Å². The lowest BCUT2D eigenvalue weighted by Gasteiger charge is -2.44. The molecule has 0 N–H and O–H groups in total. The number of ether oxygens (including phenoxy) is 1. The topological polar surface area (TPSA) is 51.5 Å². The van der Waals surface area contributed by atoms with Crippen molar-refractivity contribution < 1.29 is 14.3 Å². The van der Waals surface area contributed by atoms with Crippen molar-refractivity contribution in [3.05, 3.63) is 92.9 Å². The molecule has 2 heterocycles. The largest absolute Gasteiger partial charge is 0.385 e. The summed E-state index contributed by atoms with van der Waals surface area (Å²) in [7, 11) is 1.72. The number of carbonyl (C=O) groups is 2. The van der Waals surface area contributed by atoms with Crippen molar-refractivity contribution in [2.75, 3.05) is 20.3 Å². The summed E-state index contributed by atoms with van der Waals surface area (Å²) in [5.41, 5.74) is 7.41. The molecule has 5 nitrogen and oxygen atoms in total. The highest BCUT2D eigenvalue weighted by atomic mass is 79.9. The fraction of sp³-hybridized carbons (Fsp3) is 0.375. The lowest BCUT2D eigenvalue weighted by molar-refractivity contribution is -0.117. The highest BCUT2D eigenvalue weighted by Crippen LogP contribution is 2.50. The SMILES string of the molecule is COCCCN1C2=C(C(=O)CCC2)C(c2cn(Cc3ccc(Br)cc3)c3ccccc23)C2=C1CCCC2=O. The standard InChI is InChI=1S/C32H33BrN2O3/c1-38-18-6-17-35-26-9-4-11-28(36)31(26)30(32-27(35)10-5-12-29(32)37)24-20-34(25-8-3-2-7-23(24)25)19-21-13-15-22(33)16-14-21/h2-3,7-8,13-16,20,30H,4-6,9-12,17-19H2,1H3. The molecule has 3 aromatic rings. The number of ketones is 2. The second-order valence-electron chi connectivity index (χ2n) is 10.6. The quantitative estimate of drug-likeness (QED) is 0.289. The highest BCUT2D eigenvalue weighted by Gasteiger charge is 2.44. The number of Topliss-reactive ketones (excluding diaryl/α,β-unsaturated/α-hetero) is 2. The zero-order valence-corrected chi connectivity index (χ0v) is 23.4. The maximum Gasteiger partial charge on any atom is 0.161 e. The fourth-order valence-electron chi connectivity index (χ4n) is 6.59. The van der Waals surface area contributed by atoms with E-state index in [1.807, 2.05) is 0 Å². The third-order valence-electron chi connectivity index (χ3n) is 8.21. The van der Waals surface area contributed by atoms with Crippen molar-refractivity contribution in [3.63, 3.8) is 0 Å². The van der Waals surface area contributed by atoms with Gasteiger partial charge < -0.3 is 14.2 Å². The number of carbonyl (C=O) groups excluding carboxylic acids is 2. The van der Waals surface area contributed by atoms with Crippen LogP contribution in [0.2, 0.25) is 0 Å².